The molecule has 1 aliphatic carbocycles. The molecule has 174 valence electrons. The highest BCUT2D eigenvalue weighted by Gasteiger charge is 2.36. The summed E-state index contributed by atoms with van der Waals surface area (Å²) in [7, 11) is 0. The lowest BCUT2D eigenvalue weighted by Crippen LogP contribution is -2.48. The molecule has 0 bridgehead atoms. The lowest BCUT2D eigenvalue weighted by molar-refractivity contribution is -0.144. The summed E-state index contributed by atoms with van der Waals surface area (Å²) in [6.07, 6.45) is -0.491. The molecule has 8 nitrogen and oxygen atoms in total. The van der Waals surface area contributed by atoms with Crippen molar-refractivity contribution in [1.82, 2.24) is 10.6 Å². The minimum atomic E-state index is -1.09. The van der Waals surface area contributed by atoms with E-state index in [1.165, 1.54) is 0 Å². The molecule has 4 rings (SSSR count). The molecule has 0 radical (unpaired) electrons. The third-order valence-corrected chi connectivity index (χ3v) is 6.35. The summed E-state index contributed by atoms with van der Waals surface area (Å²) in [4.78, 5) is 36.1. The minimum Gasteiger partial charge on any atom is -0.480 e. The molecule has 2 aromatic rings. The van der Waals surface area contributed by atoms with Crippen LogP contribution in [0, 0.1) is 5.92 Å². The number of carbonyl (C=O) groups is 3. The van der Waals surface area contributed by atoms with Gasteiger partial charge in [0.15, 0.2) is 0 Å². The van der Waals surface area contributed by atoms with Crippen LogP contribution in [0.1, 0.15) is 36.8 Å². The Balaban J connectivity index is 1.31. The zero-order valence-corrected chi connectivity index (χ0v) is 18.5. The van der Waals surface area contributed by atoms with Gasteiger partial charge in [0.2, 0.25) is 5.91 Å². The maximum atomic E-state index is 12.5. The zero-order valence-electron chi connectivity index (χ0n) is 18.5. The molecule has 1 aliphatic heterocycles. The number of rotatable bonds is 8. The summed E-state index contributed by atoms with van der Waals surface area (Å²) in [5.74, 6) is -1.84. The van der Waals surface area contributed by atoms with Crippen LogP contribution in [0.2, 0.25) is 0 Å². The van der Waals surface area contributed by atoms with Gasteiger partial charge >= 0.3 is 12.1 Å². The van der Waals surface area contributed by atoms with E-state index in [-0.39, 0.29) is 31.4 Å². The lowest BCUT2D eigenvalue weighted by Gasteiger charge is -2.21. The van der Waals surface area contributed by atoms with Crippen molar-refractivity contribution < 1.29 is 29.0 Å². The Kier molecular flexibility index (Phi) is 6.93. The van der Waals surface area contributed by atoms with Gasteiger partial charge in [-0.15, -0.1) is 0 Å². The number of ether oxygens (including phenoxy) is 2. The smallest absolute Gasteiger partial charge is 0.407 e. The number of nitrogens with one attached hydrogen (secondary N) is 2. The molecule has 3 N–H and O–H groups in total. The number of benzene rings is 2. The van der Waals surface area contributed by atoms with Gasteiger partial charge in [-0.05, 0) is 35.1 Å². The van der Waals surface area contributed by atoms with Crippen LogP contribution in [0.3, 0.4) is 0 Å². The van der Waals surface area contributed by atoms with Gasteiger partial charge in [-0.1, -0.05) is 55.5 Å². The molecule has 0 saturated carbocycles. The Morgan fingerprint density at radius 1 is 1.09 bits per heavy atom. The lowest BCUT2D eigenvalue weighted by atomic mass is 9.98. The molecule has 0 spiro atoms. The van der Waals surface area contributed by atoms with E-state index in [0.717, 1.165) is 22.3 Å². The van der Waals surface area contributed by atoms with Crippen LogP contribution in [0.15, 0.2) is 48.5 Å². The van der Waals surface area contributed by atoms with Gasteiger partial charge in [-0.2, -0.15) is 0 Å². The van der Waals surface area contributed by atoms with Crippen molar-refractivity contribution in [1.29, 1.82) is 0 Å². The maximum absolute atomic E-state index is 12.5. The van der Waals surface area contributed by atoms with Crippen LogP contribution in [-0.2, 0) is 19.1 Å². The minimum absolute atomic E-state index is 0.0292. The molecule has 1 saturated heterocycles. The van der Waals surface area contributed by atoms with Gasteiger partial charge < -0.3 is 25.2 Å². The molecule has 8 heteroatoms. The van der Waals surface area contributed by atoms with Gasteiger partial charge in [-0.25, -0.2) is 9.59 Å². The van der Waals surface area contributed by atoms with Crippen LogP contribution >= 0.6 is 0 Å². The largest absolute Gasteiger partial charge is 0.480 e. The summed E-state index contributed by atoms with van der Waals surface area (Å²) in [5, 5.41) is 14.4. The molecule has 2 aliphatic rings. The van der Waals surface area contributed by atoms with Gasteiger partial charge in [0.1, 0.15) is 18.8 Å². The topological polar surface area (TPSA) is 114 Å². The van der Waals surface area contributed by atoms with Crippen LogP contribution in [0.5, 0.6) is 0 Å². The number of hydrogen-bond acceptors (Lipinski definition) is 5. The SMILES string of the molecule is CC[C@H](NC(=O)C1OCCC1CNC(=O)OCC1c2ccccc2-c2ccccc21)C(=O)O. The van der Waals surface area contributed by atoms with E-state index in [4.69, 9.17) is 14.6 Å². The fourth-order valence-corrected chi connectivity index (χ4v) is 4.59. The van der Waals surface area contributed by atoms with Crippen molar-refractivity contribution in [3.8, 4) is 11.1 Å². The monoisotopic (exact) mass is 452 g/mol. The molecule has 2 aromatic carbocycles. The van der Waals surface area contributed by atoms with Crippen molar-refractivity contribution in [2.24, 2.45) is 5.92 Å². The Bertz CT molecular complexity index is 994. The first kappa shape index (κ1) is 22.8. The molecule has 2 amide bonds. The van der Waals surface area contributed by atoms with Gasteiger partial charge in [0, 0.05) is 25.0 Å². The van der Waals surface area contributed by atoms with E-state index in [2.05, 4.69) is 34.9 Å². The molecule has 1 heterocycles. The van der Waals surface area contributed by atoms with Gasteiger partial charge in [0.05, 0.1) is 0 Å². The highest BCUT2D eigenvalue weighted by molar-refractivity contribution is 5.86. The predicted molar refractivity (Wildman–Crippen MR) is 121 cm³/mol. The Morgan fingerprint density at radius 2 is 1.73 bits per heavy atom. The quantitative estimate of drug-likeness (QED) is 0.568. The number of carboxylic acid groups (broad SMARTS) is 1. The van der Waals surface area contributed by atoms with Crippen LogP contribution in [0.25, 0.3) is 11.1 Å². The number of amides is 2. The van der Waals surface area contributed by atoms with Crippen molar-refractivity contribution in [2.45, 2.75) is 37.8 Å². The second-order valence-electron chi connectivity index (χ2n) is 8.35. The van der Waals surface area contributed by atoms with Crippen LogP contribution < -0.4 is 10.6 Å². The standard InChI is InChI=1S/C25H28N2O6/c1-2-21(24(29)30)27-23(28)22-15(11-12-32-22)13-26-25(31)33-14-20-18-9-5-3-7-16(18)17-8-4-6-10-19(17)20/h3-10,15,20-22H,2,11-14H2,1H3,(H,26,31)(H,27,28)(H,29,30)/t15?,21-,22?/m0/s1. The fraction of sp³-hybridized carbons (Fsp3) is 0.400. The zero-order chi connectivity index (χ0) is 23.4. The van der Waals surface area contributed by atoms with Crippen molar-refractivity contribution >= 4 is 18.0 Å². The van der Waals surface area contributed by atoms with E-state index in [0.29, 0.717) is 13.0 Å². The second kappa shape index (κ2) is 10.0. The normalized spacial score (nSPS) is 19.9. The Morgan fingerprint density at radius 3 is 2.33 bits per heavy atom. The van der Waals surface area contributed by atoms with Crippen molar-refractivity contribution in [3.63, 3.8) is 0 Å². The fourth-order valence-electron chi connectivity index (χ4n) is 4.59. The van der Waals surface area contributed by atoms with Crippen molar-refractivity contribution in [2.75, 3.05) is 19.8 Å². The van der Waals surface area contributed by atoms with E-state index >= 15 is 0 Å². The molecule has 1 fully saturated rings. The van der Waals surface area contributed by atoms with Gasteiger partial charge in [0.25, 0.3) is 0 Å². The molecule has 0 aromatic heterocycles. The van der Waals surface area contributed by atoms with E-state index in [9.17, 15) is 14.4 Å². The summed E-state index contributed by atoms with van der Waals surface area (Å²) in [6.45, 7) is 2.48. The number of alkyl carbamates (subject to hydrolysis) is 1. The number of aliphatic carboxylic acids is 1. The number of carbonyl (C=O) groups excluding carboxylic acids is 2. The molecule has 33 heavy (non-hydrogen) atoms. The maximum Gasteiger partial charge on any atom is 0.407 e. The average Bonchev–Trinajstić information content (AvgIpc) is 3.42. The van der Waals surface area contributed by atoms with E-state index in [1.807, 2.05) is 24.3 Å². The molecule has 2 unspecified atom stereocenters. The third kappa shape index (κ3) is 4.85. The van der Waals surface area contributed by atoms with Crippen molar-refractivity contribution in [3.05, 3.63) is 59.7 Å². The number of carboxylic acids is 1. The number of fused-ring (bicyclic) bond motifs is 3. The average molecular weight is 453 g/mol. The summed E-state index contributed by atoms with van der Waals surface area (Å²) in [5.41, 5.74) is 4.59. The Hall–Kier alpha value is -3.39. The summed E-state index contributed by atoms with van der Waals surface area (Å²) < 4.78 is 11.0. The summed E-state index contributed by atoms with van der Waals surface area (Å²) >= 11 is 0. The van der Waals surface area contributed by atoms with E-state index in [1.54, 1.807) is 6.92 Å². The molecule has 3 atom stereocenters. The Labute approximate surface area is 192 Å². The highest BCUT2D eigenvalue weighted by atomic mass is 16.5. The third-order valence-electron chi connectivity index (χ3n) is 6.35. The van der Waals surface area contributed by atoms with Crippen LogP contribution in [0.4, 0.5) is 4.79 Å². The number of hydrogen-bond donors (Lipinski definition) is 3. The molecular formula is C25H28N2O6. The molecular weight excluding hydrogens is 424 g/mol. The summed E-state index contributed by atoms with van der Waals surface area (Å²) in [6, 6.07) is 15.3. The first-order chi connectivity index (χ1) is 16.0. The van der Waals surface area contributed by atoms with Gasteiger partial charge in [-0.3, -0.25) is 4.79 Å². The first-order valence-corrected chi connectivity index (χ1v) is 11.2. The van der Waals surface area contributed by atoms with E-state index < -0.39 is 30.1 Å². The predicted octanol–water partition coefficient (Wildman–Crippen LogP) is 2.91. The van der Waals surface area contributed by atoms with Crippen LogP contribution in [-0.4, -0.2) is 55.0 Å². The second-order valence-corrected chi connectivity index (χ2v) is 8.35. The highest BCUT2D eigenvalue weighted by Crippen LogP contribution is 2.44. The first-order valence-electron chi connectivity index (χ1n) is 11.2.